The summed E-state index contributed by atoms with van der Waals surface area (Å²) in [5.41, 5.74) is 2.56. The zero-order valence-corrected chi connectivity index (χ0v) is 22.4. The number of benzene rings is 2. The number of amides is 1. The van der Waals surface area contributed by atoms with Crippen molar-refractivity contribution in [1.29, 1.82) is 0 Å². The molecule has 0 aliphatic carbocycles. The normalized spacial score (nSPS) is 11.9. The van der Waals surface area contributed by atoms with Crippen LogP contribution < -0.4 is 10.1 Å². The van der Waals surface area contributed by atoms with Crippen LogP contribution in [0.3, 0.4) is 0 Å². The van der Waals surface area contributed by atoms with Crippen LogP contribution in [0.15, 0.2) is 53.0 Å². The molecule has 1 amide bonds. The second-order valence-corrected chi connectivity index (χ2v) is 10.3. The summed E-state index contributed by atoms with van der Waals surface area (Å²) in [4.78, 5) is 17.0. The first-order valence-electron chi connectivity index (χ1n) is 10.8. The minimum absolute atomic E-state index is 0.169. The summed E-state index contributed by atoms with van der Waals surface area (Å²) < 4.78 is 8.02. The predicted molar refractivity (Wildman–Crippen MR) is 143 cm³/mol. The number of hydrogen-bond donors (Lipinski definition) is 1. The summed E-state index contributed by atoms with van der Waals surface area (Å²) in [5.74, 6) is 1.47. The van der Waals surface area contributed by atoms with Gasteiger partial charge in [0.25, 0.3) is 0 Å². The SMILES string of the molecule is CCn1c(SCC(=O)Nc2nc(-c3ccc(Cl)cc3Cl)cs2)nnc1C(C)Oc1cccc(C)c1. The quantitative estimate of drug-likeness (QED) is 0.229. The van der Waals surface area contributed by atoms with Gasteiger partial charge in [-0.15, -0.1) is 21.5 Å². The van der Waals surface area contributed by atoms with E-state index in [1.165, 1.54) is 23.1 Å². The smallest absolute Gasteiger partial charge is 0.236 e. The van der Waals surface area contributed by atoms with Crippen molar-refractivity contribution >= 4 is 57.3 Å². The highest BCUT2D eigenvalue weighted by molar-refractivity contribution is 7.99. The van der Waals surface area contributed by atoms with E-state index in [9.17, 15) is 4.79 Å². The number of carbonyl (C=O) groups excluding carboxylic acids is 1. The molecule has 7 nitrogen and oxygen atoms in total. The Hall–Kier alpha value is -2.59. The maximum atomic E-state index is 12.6. The zero-order chi connectivity index (χ0) is 24.9. The number of carbonyl (C=O) groups is 1. The van der Waals surface area contributed by atoms with Gasteiger partial charge in [0, 0.05) is 22.5 Å². The van der Waals surface area contributed by atoms with Crippen molar-refractivity contribution in [3.63, 3.8) is 0 Å². The third kappa shape index (κ3) is 6.35. The largest absolute Gasteiger partial charge is 0.483 e. The summed E-state index contributed by atoms with van der Waals surface area (Å²) in [6.07, 6.45) is -0.291. The Kier molecular flexibility index (Phi) is 8.33. The first-order valence-corrected chi connectivity index (χ1v) is 13.5. The molecule has 35 heavy (non-hydrogen) atoms. The van der Waals surface area contributed by atoms with Crippen molar-refractivity contribution in [3.8, 4) is 17.0 Å². The Bertz CT molecular complexity index is 1340. The van der Waals surface area contributed by atoms with Crippen LogP contribution in [-0.4, -0.2) is 31.4 Å². The summed E-state index contributed by atoms with van der Waals surface area (Å²) >= 11 is 14.9. The van der Waals surface area contributed by atoms with Crippen LogP contribution in [0.1, 0.15) is 31.3 Å². The predicted octanol–water partition coefficient (Wildman–Crippen LogP) is 6.91. The third-order valence-electron chi connectivity index (χ3n) is 5.02. The van der Waals surface area contributed by atoms with Crippen molar-refractivity contribution in [3.05, 3.63) is 69.3 Å². The summed E-state index contributed by atoms with van der Waals surface area (Å²) in [6, 6.07) is 13.1. The lowest BCUT2D eigenvalue weighted by molar-refractivity contribution is -0.113. The number of thiazole rings is 1. The number of ether oxygens (including phenoxy) is 1. The van der Waals surface area contributed by atoms with Gasteiger partial charge in [-0.3, -0.25) is 4.79 Å². The van der Waals surface area contributed by atoms with E-state index in [1.807, 2.05) is 55.0 Å². The van der Waals surface area contributed by atoms with E-state index in [0.717, 1.165) is 16.9 Å². The maximum absolute atomic E-state index is 12.6. The fourth-order valence-corrected chi connectivity index (χ4v) is 5.43. The molecule has 0 aliphatic rings. The molecule has 2 aromatic carbocycles. The van der Waals surface area contributed by atoms with Crippen LogP contribution in [0.25, 0.3) is 11.3 Å². The first kappa shape index (κ1) is 25.5. The molecule has 2 heterocycles. The summed E-state index contributed by atoms with van der Waals surface area (Å²) in [7, 11) is 0. The Morgan fingerprint density at radius 3 is 2.80 bits per heavy atom. The number of aromatic nitrogens is 4. The minimum atomic E-state index is -0.291. The van der Waals surface area contributed by atoms with E-state index >= 15 is 0 Å². The number of nitrogens with zero attached hydrogens (tertiary/aromatic N) is 4. The molecule has 2 aromatic heterocycles. The highest BCUT2D eigenvalue weighted by Gasteiger charge is 2.20. The van der Waals surface area contributed by atoms with Gasteiger partial charge in [0.05, 0.1) is 16.5 Å². The number of hydrogen-bond acceptors (Lipinski definition) is 7. The lowest BCUT2D eigenvalue weighted by atomic mass is 10.2. The number of aryl methyl sites for hydroxylation is 1. The van der Waals surface area contributed by atoms with Gasteiger partial charge in [-0.2, -0.15) is 0 Å². The number of thioether (sulfide) groups is 1. The topological polar surface area (TPSA) is 81.9 Å². The Labute approximate surface area is 221 Å². The molecule has 4 aromatic rings. The lowest BCUT2D eigenvalue weighted by Crippen LogP contribution is -2.15. The number of nitrogens with one attached hydrogen (secondary N) is 1. The summed E-state index contributed by atoms with van der Waals surface area (Å²) in [5, 5.41) is 15.5. The molecule has 0 bridgehead atoms. The molecule has 4 rings (SSSR count). The van der Waals surface area contributed by atoms with Gasteiger partial charge in [-0.05, 0) is 56.7 Å². The molecule has 0 radical (unpaired) electrons. The molecule has 1 N–H and O–H groups in total. The lowest BCUT2D eigenvalue weighted by Gasteiger charge is -2.15. The molecule has 0 saturated heterocycles. The number of rotatable bonds is 9. The van der Waals surface area contributed by atoms with E-state index in [-0.39, 0.29) is 17.8 Å². The van der Waals surface area contributed by atoms with Gasteiger partial charge in [-0.1, -0.05) is 47.1 Å². The van der Waals surface area contributed by atoms with Crippen molar-refractivity contribution in [2.24, 2.45) is 0 Å². The average molecular weight is 549 g/mol. The van der Waals surface area contributed by atoms with E-state index in [1.54, 1.807) is 18.2 Å². The molecule has 0 spiro atoms. The van der Waals surface area contributed by atoms with Crippen molar-refractivity contribution in [1.82, 2.24) is 19.7 Å². The van der Waals surface area contributed by atoms with Gasteiger partial charge in [0.2, 0.25) is 5.91 Å². The van der Waals surface area contributed by atoms with E-state index in [4.69, 9.17) is 27.9 Å². The summed E-state index contributed by atoms with van der Waals surface area (Å²) in [6.45, 7) is 6.62. The maximum Gasteiger partial charge on any atom is 0.236 e. The molecular formula is C24H23Cl2N5O2S2. The van der Waals surface area contributed by atoms with Gasteiger partial charge in [-0.25, -0.2) is 4.98 Å². The number of anilines is 1. The van der Waals surface area contributed by atoms with Crippen LogP contribution >= 0.6 is 46.3 Å². The monoisotopic (exact) mass is 547 g/mol. The van der Waals surface area contributed by atoms with Gasteiger partial charge in [0.1, 0.15) is 5.75 Å². The molecule has 0 fully saturated rings. The van der Waals surface area contributed by atoms with Gasteiger partial charge in [0.15, 0.2) is 22.2 Å². The molecule has 0 saturated carbocycles. The molecule has 11 heteroatoms. The van der Waals surface area contributed by atoms with Crippen molar-refractivity contribution in [2.75, 3.05) is 11.1 Å². The standard InChI is InChI=1S/C24H23Cl2N5O2S2/c1-4-31-22(15(3)33-17-7-5-6-14(2)10-17)29-30-24(31)35-13-21(32)28-23-27-20(12-34-23)18-9-8-16(25)11-19(18)26/h5-12,15H,4,13H2,1-3H3,(H,27,28,32). The molecule has 1 unspecified atom stereocenters. The Morgan fingerprint density at radius 2 is 2.06 bits per heavy atom. The molecule has 0 aliphatic heterocycles. The fourth-order valence-electron chi connectivity index (χ4n) is 3.39. The van der Waals surface area contributed by atoms with Crippen molar-refractivity contribution in [2.45, 2.75) is 38.6 Å². The zero-order valence-electron chi connectivity index (χ0n) is 19.3. The van der Waals surface area contributed by atoms with E-state index < -0.39 is 0 Å². The molecule has 1 atom stereocenters. The highest BCUT2D eigenvalue weighted by atomic mass is 35.5. The Balaban J connectivity index is 1.37. The second kappa shape index (κ2) is 11.4. The number of halogens is 2. The van der Waals surface area contributed by atoms with Crippen LogP contribution in [-0.2, 0) is 11.3 Å². The average Bonchev–Trinajstić information content (AvgIpc) is 3.44. The van der Waals surface area contributed by atoms with Crippen LogP contribution in [0.4, 0.5) is 5.13 Å². The highest BCUT2D eigenvalue weighted by Crippen LogP contribution is 2.32. The van der Waals surface area contributed by atoms with E-state index in [2.05, 4.69) is 20.5 Å². The van der Waals surface area contributed by atoms with Gasteiger partial charge < -0.3 is 14.6 Å². The fraction of sp³-hybridized carbons (Fsp3) is 0.250. The van der Waals surface area contributed by atoms with Gasteiger partial charge >= 0.3 is 0 Å². The Morgan fingerprint density at radius 1 is 1.23 bits per heavy atom. The van der Waals surface area contributed by atoms with Crippen LogP contribution in [0, 0.1) is 6.92 Å². The third-order valence-corrected chi connectivity index (χ3v) is 7.29. The van der Waals surface area contributed by atoms with Crippen LogP contribution in [0.2, 0.25) is 10.0 Å². The molecule has 182 valence electrons. The van der Waals surface area contributed by atoms with Crippen molar-refractivity contribution < 1.29 is 9.53 Å². The molecular weight excluding hydrogens is 525 g/mol. The second-order valence-electron chi connectivity index (χ2n) is 7.66. The van der Waals surface area contributed by atoms with Crippen LogP contribution in [0.5, 0.6) is 5.75 Å². The minimum Gasteiger partial charge on any atom is -0.483 e. The first-order chi connectivity index (χ1) is 16.8. The van der Waals surface area contributed by atoms with E-state index in [0.29, 0.717) is 38.4 Å².